The van der Waals surface area contributed by atoms with Crippen LogP contribution in [0.15, 0.2) is 109 Å². The molecule has 0 aliphatic carbocycles. The standard InChI is InChI=1S/C47H79N2O7P/c1-6-8-10-12-14-16-18-20-21-22-23-24-25-26-27-28-30-32-34-36-38-40-46(51)48-44(43-56-57(53,54)55-42-41-49(3,4)5)47(52)45(50)39-37-35-33-31-29-19-17-15-13-11-9-7-2/h7-10,14-17,20-21,23-24,26-27,30-33,44-45,47,50,52H,6,11-13,18-19,22,25,28-29,34-43H2,1-5H3,(H-,48,51,53,54)/b9-7+,10-8-,16-14-,17-15+,21-20-,24-23-,27-26-,32-30-,33-31+. The summed E-state index contributed by atoms with van der Waals surface area (Å²) in [5.74, 6) is -0.344. The Balaban J connectivity index is 4.67. The molecule has 9 nitrogen and oxygen atoms in total. The Labute approximate surface area is 347 Å². The van der Waals surface area contributed by atoms with Gasteiger partial charge in [-0.2, -0.15) is 0 Å². The highest BCUT2D eigenvalue weighted by molar-refractivity contribution is 7.45. The summed E-state index contributed by atoms with van der Waals surface area (Å²) in [5, 5.41) is 24.5. The van der Waals surface area contributed by atoms with Gasteiger partial charge >= 0.3 is 0 Å². The first-order valence-corrected chi connectivity index (χ1v) is 22.7. The molecule has 0 aromatic heterocycles. The molecule has 0 saturated carbocycles. The van der Waals surface area contributed by atoms with Crippen LogP contribution in [0.4, 0.5) is 0 Å². The lowest BCUT2D eigenvalue weighted by molar-refractivity contribution is -0.870. The van der Waals surface area contributed by atoms with Gasteiger partial charge in [-0.25, -0.2) is 0 Å². The molecule has 0 aromatic carbocycles. The first kappa shape index (κ1) is 54.1. The number of carbonyl (C=O) groups is 1. The monoisotopic (exact) mass is 815 g/mol. The van der Waals surface area contributed by atoms with Gasteiger partial charge in [0, 0.05) is 6.42 Å². The quantitative estimate of drug-likeness (QED) is 0.0249. The maximum absolute atomic E-state index is 12.9. The molecule has 0 bridgehead atoms. The van der Waals surface area contributed by atoms with Crippen molar-refractivity contribution < 1.29 is 38.0 Å². The van der Waals surface area contributed by atoms with Gasteiger partial charge in [-0.05, 0) is 110 Å². The van der Waals surface area contributed by atoms with E-state index >= 15 is 0 Å². The van der Waals surface area contributed by atoms with Crippen molar-refractivity contribution >= 4 is 13.7 Å². The van der Waals surface area contributed by atoms with Crippen LogP contribution in [0, 0.1) is 0 Å². The summed E-state index contributed by atoms with van der Waals surface area (Å²) in [5.41, 5.74) is 0. The molecular formula is C47H79N2O7P. The third-order valence-electron chi connectivity index (χ3n) is 8.64. The van der Waals surface area contributed by atoms with Crippen molar-refractivity contribution in [1.82, 2.24) is 5.32 Å². The summed E-state index contributed by atoms with van der Waals surface area (Å²) in [7, 11) is 1.04. The lowest BCUT2D eigenvalue weighted by Gasteiger charge is -2.31. The van der Waals surface area contributed by atoms with E-state index in [1.807, 2.05) is 28.1 Å². The average molecular weight is 815 g/mol. The highest BCUT2D eigenvalue weighted by Crippen LogP contribution is 2.38. The molecule has 4 atom stereocenters. The lowest BCUT2D eigenvalue weighted by atomic mass is 10.0. The number of allylic oxidation sites excluding steroid dienone is 18. The van der Waals surface area contributed by atoms with Crippen LogP contribution in [0.2, 0.25) is 0 Å². The predicted octanol–water partition coefficient (Wildman–Crippen LogP) is 10.1. The van der Waals surface area contributed by atoms with E-state index in [0.717, 1.165) is 83.5 Å². The second-order valence-corrected chi connectivity index (χ2v) is 16.5. The SMILES string of the molecule is C/C=C/CC/C=C/CC/C=C/CCCC(O)C(O)C(COP(=O)([O-])OCC[N+](C)(C)C)NC(=O)CCCC/C=C\C/C=C\C/C=C\C/C=C\C/C=C\C/C=C\CC. The summed E-state index contributed by atoms with van der Waals surface area (Å²) in [6.07, 6.45) is 50.1. The minimum Gasteiger partial charge on any atom is -0.756 e. The third-order valence-corrected chi connectivity index (χ3v) is 9.60. The van der Waals surface area contributed by atoms with Gasteiger partial charge in [0.1, 0.15) is 19.3 Å². The number of hydrogen-bond acceptors (Lipinski definition) is 7. The van der Waals surface area contributed by atoms with Crippen molar-refractivity contribution in [1.29, 1.82) is 0 Å². The number of likely N-dealkylation sites (N-methyl/N-ethyl adjacent to an activating group) is 1. The molecule has 0 rings (SSSR count). The average Bonchev–Trinajstić information content (AvgIpc) is 3.16. The first-order valence-electron chi connectivity index (χ1n) is 21.3. The summed E-state index contributed by atoms with van der Waals surface area (Å²) in [6, 6.07) is -1.13. The van der Waals surface area contributed by atoms with Gasteiger partial charge in [0.15, 0.2) is 0 Å². The molecule has 4 unspecified atom stereocenters. The number of quaternary nitrogens is 1. The molecular weight excluding hydrogens is 735 g/mol. The molecule has 10 heteroatoms. The van der Waals surface area contributed by atoms with E-state index in [9.17, 15) is 24.5 Å². The minimum absolute atomic E-state index is 0.0659. The normalized spacial score (nSPS) is 16.0. The number of unbranched alkanes of at least 4 members (excludes halogenated alkanes) is 5. The molecule has 0 aromatic rings. The summed E-state index contributed by atoms with van der Waals surface area (Å²) in [4.78, 5) is 25.3. The molecule has 1 amide bonds. The lowest BCUT2D eigenvalue weighted by Crippen LogP contribution is -2.51. The van der Waals surface area contributed by atoms with Crippen LogP contribution in [0.5, 0.6) is 0 Å². The molecule has 57 heavy (non-hydrogen) atoms. The highest BCUT2D eigenvalue weighted by Gasteiger charge is 2.29. The number of hydrogen-bond donors (Lipinski definition) is 3. The van der Waals surface area contributed by atoms with Gasteiger partial charge in [0.05, 0.1) is 39.9 Å². The molecule has 324 valence electrons. The van der Waals surface area contributed by atoms with Crippen molar-refractivity contribution in [2.24, 2.45) is 0 Å². The van der Waals surface area contributed by atoms with E-state index in [1.54, 1.807) is 0 Å². The number of amides is 1. The van der Waals surface area contributed by atoms with Crippen LogP contribution in [-0.4, -0.2) is 79.8 Å². The van der Waals surface area contributed by atoms with Crippen molar-refractivity contribution in [3.05, 3.63) is 109 Å². The number of phosphoric ester groups is 1. The van der Waals surface area contributed by atoms with Crippen LogP contribution < -0.4 is 10.2 Å². The molecule has 0 heterocycles. The highest BCUT2D eigenvalue weighted by atomic mass is 31.2. The molecule has 0 fully saturated rings. The number of carbonyl (C=O) groups excluding carboxylic acids is 1. The van der Waals surface area contributed by atoms with Crippen molar-refractivity contribution in [2.45, 2.75) is 141 Å². The number of aliphatic hydroxyl groups excluding tert-OH is 2. The molecule has 0 spiro atoms. The van der Waals surface area contributed by atoms with Crippen LogP contribution >= 0.6 is 7.82 Å². The fraction of sp³-hybridized carbons (Fsp3) is 0.596. The Hall–Kier alpha value is -2.88. The zero-order chi connectivity index (χ0) is 42.3. The molecule has 0 aliphatic rings. The van der Waals surface area contributed by atoms with E-state index in [1.165, 1.54) is 0 Å². The fourth-order valence-electron chi connectivity index (χ4n) is 5.23. The van der Waals surface area contributed by atoms with E-state index in [2.05, 4.69) is 122 Å². The number of nitrogens with zero attached hydrogens (tertiary/aromatic N) is 1. The first-order chi connectivity index (χ1) is 27.4. The molecule has 3 N–H and O–H groups in total. The van der Waals surface area contributed by atoms with E-state index < -0.39 is 32.7 Å². The fourth-order valence-corrected chi connectivity index (χ4v) is 5.96. The molecule has 0 radical (unpaired) electrons. The third kappa shape index (κ3) is 38.4. The van der Waals surface area contributed by atoms with Crippen LogP contribution in [0.1, 0.15) is 123 Å². The van der Waals surface area contributed by atoms with E-state index in [-0.39, 0.29) is 25.4 Å². The molecule has 0 aliphatic heterocycles. The van der Waals surface area contributed by atoms with Crippen LogP contribution in [0.3, 0.4) is 0 Å². The van der Waals surface area contributed by atoms with E-state index in [4.69, 9.17) is 9.05 Å². The topological polar surface area (TPSA) is 128 Å². The largest absolute Gasteiger partial charge is 0.756 e. The zero-order valence-corrected chi connectivity index (χ0v) is 37.0. The van der Waals surface area contributed by atoms with Gasteiger partial charge in [0.2, 0.25) is 5.91 Å². The number of nitrogens with one attached hydrogen (secondary N) is 1. The van der Waals surface area contributed by atoms with Gasteiger partial charge in [-0.1, -0.05) is 116 Å². The number of rotatable bonds is 36. The van der Waals surface area contributed by atoms with Crippen molar-refractivity contribution in [2.75, 3.05) is 40.9 Å². The Morgan fingerprint density at radius 1 is 0.667 bits per heavy atom. The minimum atomic E-state index is -4.70. The number of phosphoric acid groups is 1. The van der Waals surface area contributed by atoms with Crippen LogP contribution in [-0.2, 0) is 18.4 Å². The second kappa shape index (κ2) is 37.4. The van der Waals surface area contributed by atoms with Gasteiger partial charge < -0.3 is 34.0 Å². The van der Waals surface area contributed by atoms with Crippen molar-refractivity contribution in [3.63, 3.8) is 0 Å². The van der Waals surface area contributed by atoms with Crippen molar-refractivity contribution in [3.8, 4) is 0 Å². The Morgan fingerprint density at radius 3 is 1.63 bits per heavy atom. The maximum Gasteiger partial charge on any atom is 0.268 e. The van der Waals surface area contributed by atoms with Crippen LogP contribution in [0.25, 0.3) is 0 Å². The second-order valence-electron chi connectivity index (χ2n) is 15.1. The predicted molar refractivity (Wildman–Crippen MR) is 238 cm³/mol. The van der Waals surface area contributed by atoms with Gasteiger partial charge in [0.25, 0.3) is 7.82 Å². The maximum atomic E-state index is 12.9. The van der Waals surface area contributed by atoms with E-state index in [0.29, 0.717) is 23.9 Å². The summed E-state index contributed by atoms with van der Waals surface area (Å²) in [6.45, 7) is 4.00. The Kier molecular flexibility index (Phi) is 35.5. The zero-order valence-electron chi connectivity index (χ0n) is 36.1. The van der Waals surface area contributed by atoms with Gasteiger partial charge in [-0.15, -0.1) is 0 Å². The Morgan fingerprint density at radius 2 is 1.12 bits per heavy atom. The summed E-state index contributed by atoms with van der Waals surface area (Å²) < 4.78 is 23.0. The molecule has 0 saturated heterocycles. The summed E-state index contributed by atoms with van der Waals surface area (Å²) >= 11 is 0. The smallest absolute Gasteiger partial charge is 0.268 e. The number of aliphatic hydroxyl groups is 2. The van der Waals surface area contributed by atoms with Gasteiger partial charge in [-0.3, -0.25) is 9.36 Å². The Bertz CT molecular complexity index is 1310.